The van der Waals surface area contributed by atoms with Gasteiger partial charge in [-0.15, -0.1) is 0 Å². The summed E-state index contributed by atoms with van der Waals surface area (Å²) in [7, 11) is 0. The Hall–Kier alpha value is -2.14. The number of hydrogen-bond acceptors (Lipinski definition) is 3. The van der Waals surface area contributed by atoms with Crippen molar-refractivity contribution in [3.63, 3.8) is 0 Å². The van der Waals surface area contributed by atoms with E-state index >= 15 is 0 Å². The van der Waals surface area contributed by atoms with Crippen LogP contribution in [0.4, 0.5) is 0 Å². The number of fused-ring (bicyclic) bond motifs is 1. The van der Waals surface area contributed by atoms with E-state index in [1.807, 2.05) is 27.9 Å². The maximum absolute atomic E-state index is 12.6. The molecule has 0 aromatic carbocycles. The smallest absolute Gasteiger partial charge is 0.254 e. The number of carbonyl (C=O) groups excluding carboxylic acids is 1. The summed E-state index contributed by atoms with van der Waals surface area (Å²) in [6.07, 6.45) is 8.54. The van der Waals surface area contributed by atoms with Crippen molar-refractivity contribution in [1.29, 1.82) is 0 Å². The molecule has 1 aliphatic rings. The zero-order chi connectivity index (χ0) is 17.9. The quantitative estimate of drug-likeness (QED) is 0.676. The zero-order valence-corrected chi connectivity index (χ0v) is 16.0. The molecule has 1 amide bonds. The molecule has 26 heavy (non-hydrogen) atoms. The lowest BCUT2D eigenvalue weighted by molar-refractivity contribution is 0.0760. The Labute approximate surface area is 158 Å². The number of aryl methyl sites for hydroxylation is 1. The Balaban J connectivity index is 1.41. The van der Waals surface area contributed by atoms with Gasteiger partial charge < -0.3 is 9.47 Å². The maximum Gasteiger partial charge on any atom is 0.254 e. The van der Waals surface area contributed by atoms with Crippen molar-refractivity contribution in [3.8, 4) is 0 Å². The van der Waals surface area contributed by atoms with E-state index in [1.165, 1.54) is 17.4 Å². The fraction of sp³-hybridized carbons (Fsp3) is 0.429. The van der Waals surface area contributed by atoms with Crippen molar-refractivity contribution in [2.75, 3.05) is 13.1 Å². The van der Waals surface area contributed by atoms with Crippen molar-refractivity contribution < 1.29 is 4.79 Å². The van der Waals surface area contributed by atoms with Crippen molar-refractivity contribution in [2.45, 2.75) is 39.2 Å². The molecule has 5 heteroatoms. The Morgan fingerprint density at radius 3 is 3.04 bits per heavy atom. The van der Waals surface area contributed by atoms with Crippen molar-refractivity contribution in [2.24, 2.45) is 5.92 Å². The molecule has 0 aliphatic carbocycles. The summed E-state index contributed by atoms with van der Waals surface area (Å²) < 4.78 is 2.18. The predicted molar refractivity (Wildman–Crippen MR) is 107 cm³/mol. The van der Waals surface area contributed by atoms with Crippen LogP contribution in [0.1, 0.15) is 42.1 Å². The fourth-order valence-corrected chi connectivity index (χ4v) is 4.59. The van der Waals surface area contributed by atoms with E-state index in [0.717, 1.165) is 50.1 Å². The third kappa shape index (κ3) is 3.54. The average molecular weight is 368 g/mol. The first-order valence-corrected chi connectivity index (χ1v) is 10.4. The summed E-state index contributed by atoms with van der Waals surface area (Å²) in [5.41, 5.74) is 3.22. The van der Waals surface area contributed by atoms with E-state index in [-0.39, 0.29) is 5.91 Å². The van der Waals surface area contributed by atoms with Gasteiger partial charge in [0.25, 0.3) is 5.91 Å². The Bertz CT molecular complexity index is 884. The highest BCUT2D eigenvalue weighted by molar-refractivity contribution is 7.08. The van der Waals surface area contributed by atoms with E-state index in [2.05, 4.69) is 34.8 Å². The lowest BCUT2D eigenvalue weighted by Crippen LogP contribution is -2.31. The molecular weight excluding hydrogens is 342 g/mol. The van der Waals surface area contributed by atoms with Gasteiger partial charge in [-0.05, 0) is 67.7 Å². The van der Waals surface area contributed by atoms with E-state index in [0.29, 0.717) is 5.92 Å². The number of hydrogen-bond donors (Lipinski definition) is 0. The second-order valence-electron chi connectivity index (χ2n) is 7.16. The van der Waals surface area contributed by atoms with Gasteiger partial charge in [-0.2, -0.15) is 11.3 Å². The minimum Gasteiger partial charge on any atom is -0.339 e. The molecule has 136 valence electrons. The van der Waals surface area contributed by atoms with Crippen LogP contribution >= 0.6 is 11.3 Å². The van der Waals surface area contributed by atoms with E-state index in [9.17, 15) is 4.79 Å². The standard InChI is InChI=1S/C21H25N3OS/c1-2-23-10-6-18-13-17(14-22-20(18)23)12-16-4-3-8-24(9-5-16)21(25)19-7-11-26-15-19/h6-7,10-11,13-16H,2-5,8-9,12H2,1H3. The monoisotopic (exact) mass is 367 g/mol. The van der Waals surface area contributed by atoms with Gasteiger partial charge in [0.05, 0.1) is 5.56 Å². The summed E-state index contributed by atoms with van der Waals surface area (Å²) in [6.45, 7) is 4.83. The first-order valence-electron chi connectivity index (χ1n) is 9.50. The van der Waals surface area contributed by atoms with E-state index in [4.69, 9.17) is 0 Å². The van der Waals surface area contributed by atoms with Crippen LogP contribution in [0, 0.1) is 5.92 Å². The van der Waals surface area contributed by atoms with Gasteiger partial charge in [-0.25, -0.2) is 4.98 Å². The number of thiophene rings is 1. The number of carbonyl (C=O) groups is 1. The van der Waals surface area contributed by atoms with Gasteiger partial charge in [0.2, 0.25) is 0 Å². The molecule has 1 unspecified atom stereocenters. The number of aromatic nitrogens is 2. The van der Waals surface area contributed by atoms with Crippen molar-refractivity contribution in [3.05, 3.63) is 52.5 Å². The van der Waals surface area contributed by atoms with E-state index < -0.39 is 0 Å². The molecule has 4 nitrogen and oxygen atoms in total. The largest absolute Gasteiger partial charge is 0.339 e. The van der Waals surface area contributed by atoms with Gasteiger partial charge in [-0.3, -0.25) is 4.79 Å². The Morgan fingerprint density at radius 2 is 2.23 bits per heavy atom. The van der Waals surface area contributed by atoms with Crippen LogP contribution in [0.5, 0.6) is 0 Å². The lowest BCUT2D eigenvalue weighted by atomic mass is 9.93. The van der Waals surface area contributed by atoms with Crippen LogP contribution in [-0.4, -0.2) is 33.4 Å². The maximum atomic E-state index is 12.6. The predicted octanol–water partition coefficient (Wildman–Crippen LogP) is 4.60. The normalized spacial score (nSPS) is 18.2. The Morgan fingerprint density at radius 1 is 1.31 bits per heavy atom. The molecule has 3 aromatic rings. The van der Waals surface area contributed by atoms with Gasteiger partial charge in [0.15, 0.2) is 0 Å². The number of nitrogens with zero attached hydrogens (tertiary/aromatic N) is 3. The summed E-state index contributed by atoms with van der Waals surface area (Å²) in [6, 6.07) is 6.37. The van der Waals surface area contributed by atoms with E-state index in [1.54, 1.807) is 11.3 Å². The average Bonchev–Trinajstić information content (AvgIpc) is 3.27. The number of pyridine rings is 1. The van der Waals surface area contributed by atoms with Crippen LogP contribution < -0.4 is 0 Å². The fourth-order valence-electron chi connectivity index (χ4n) is 3.97. The molecular formula is C21H25N3OS. The minimum absolute atomic E-state index is 0.191. The zero-order valence-electron chi connectivity index (χ0n) is 15.2. The highest BCUT2D eigenvalue weighted by Gasteiger charge is 2.22. The highest BCUT2D eigenvalue weighted by Crippen LogP contribution is 2.24. The molecule has 0 bridgehead atoms. The van der Waals surface area contributed by atoms with Crippen molar-refractivity contribution >= 4 is 28.3 Å². The van der Waals surface area contributed by atoms with Crippen molar-refractivity contribution in [1.82, 2.24) is 14.5 Å². The molecule has 0 spiro atoms. The van der Waals surface area contributed by atoms with Crippen LogP contribution in [0.25, 0.3) is 11.0 Å². The minimum atomic E-state index is 0.191. The lowest BCUT2D eigenvalue weighted by Gasteiger charge is -2.20. The summed E-state index contributed by atoms with van der Waals surface area (Å²) >= 11 is 1.59. The molecule has 0 radical (unpaired) electrons. The second-order valence-corrected chi connectivity index (χ2v) is 7.94. The van der Waals surface area contributed by atoms with Gasteiger partial charge in [0.1, 0.15) is 5.65 Å². The number of rotatable bonds is 4. The first-order chi connectivity index (χ1) is 12.7. The molecule has 1 aliphatic heterocycles. The molecule has 4 heterocycles. The topological polar surface area (TPSA) is 38.1 Å². The molecule has 0 saturated carbocycles. The number of amides is 1. The molecule has 1 saturated heterocycles. The summed E-state index contributed by atoms with van der Waals surface area (Å²) in [5, 5.41) is 5.16. The molecule has 4 rings (SSSR count). The van der Waals surface area contributed by atoms with Crippen LogP contribution in [0.2, 0.25) is 0 Å². The first kappa shape index (κ1) is 17.3. The summed E-state index contributed by atoms with van der Waals surface area (Å²) in [5.74, 6) is 0.818. The molecule has 0 N–H and O–H groups in total. The third-order valence-corrected chi connectivity index (χ3v) is 6.11. The van der Waals surface area contributed by atoms with Crippen LogP contribution in [-0.2, 0) is 13.0 Å². The second kappa shape index (κ2) is 7.62. The van der Waals surface area contributed by atoms with Gasteiger partial charge in [0, 0.05) is 42.8 Å². The third-order valence-electron chi connectivity index (χ3n) is 5.43. The van der Waals surface area contributed by atoms with Crippen LogP contribution in [0.3, 0.4) is 0 Å². The SMILES string of the molecule is CCn1ccc2cc(CC3CCCN(C(=O)c4ccsc4)CC3)cnc21. The van der Waals surface area contributed by atoms with Crippen LogP contribution in [0.15, 0.2) is 41.4 Å². The Kier molecular flexibility index (Phi) is 5.07. The molecule has 1 atom stereocenters. The highest BCUT2D eigenvalue weighted by atomic mass is 32.1. The summed E-state index contributed by atoms with van der Waals surface area (Å²) in [4.78, 5) is 19.3. The molecule has 3 aromatic heterocycles. The van der Waals surface area contributed by atoms with Gasteiger partial charge >= 0.3 is 0 Å². The van der Waals surface area contributed by atoms with Gasteiger partial charge in [-0.1, -0.05) is 0 Å². The molecule has 1 fully saturated rings. The number of likely N-dealkylation sites (tertiary alicyclic amines) is 1.